The second kappa shape index (κ2) is 7.28. The van der Waals surface area contributed by atoms with Gasteiger partial charge in [-0.15, -0.1) is 0 Å². The SMILES string of the molecule is CCC(C)CN(C)Cc1cc(C)c(CNC(C)(C)C)o1. The maximum absolute atomic E-state index is 5.99. The molecule has 1 heterocycles. The van der Waals surface area contributed by atoms with Crippen molar-refractivity contribution >= 4 is 0 Å². The van der Waals surface area contributed by atoms with E-state index in [-0.39, 0.29) is 5.54 Å². The van der Waals surface area contributed by atoms with Crippen molar-refractivity contribution in [1.82, 2.24) is 10.2 Å². The Bertz CT molecular complexity index is 404. The quantitative estimate of drug-likeness (QED) is 0.819. The van der Waals surface area contributed by atoms with Gasteiger partial charge < -0.3 is 9.73 Å². The van der Waals surface area contributed by atoms with Gasteiger partial charge in [-0.3, -0.25) is 4.90 Å². The molecule has 1 unspecified atom stereocenters. The molecule has 0 spiro atoms. The molecule has 0 aliphatic heterocycles. The van der Waals surface area contributed by atoms with Crippen molar-refractivity contribution in [3.63, 3.8) is 0 Å². The van der Waals surface area contributed by atoms with Gasteiger partial charge in [-0.1, -0.05) is 20.3 Å². The summed E-state index contributed by atoms with van der Waals surface area (Å²) in [6.45, 7) is 16.0. The molecule has 0 amide bonds. The highest BCUT2D eigenvalue weighted by atomic mass is 16.3. The van der Waals surface area contributed by atoms with Crippen molar-refractivity contribution in [2.45, 2.75) is 66.6 Å². The predicted octanol–water partition coefficient (Wildman–Crippen LogP) is 3.95. The summed E-state index contributed by atoms with van der Waals surface area (Å²) in [5.74, 6) is 2.86. The Hall–Kier alpha value is -0.800. The van der Waals surface area contributed by atoms with Crippen molar-refractivity contribution < 1.29 is 4.42 Å². The highest BCUT2D eigenvalue weighted by molar-refractivity contribution is 5.20. The molecule has 0 fully saturated rings. The van der Waals surface area contributed by atoms with Gasteiger partial charge in [-0.25, -0.2) is 0 Å². The molecule has 0 aromatic carbocycles. The minimum Gasteiger partial charge on any atom is -0.463 e. The first-order valence-electron chi connectivity index (χ1n) is 7.73. The second-order valence-electron chi connectivity index (χ2n) is 7.13. The molecule has 1 atom stereocenters. The van der Waals surface area contributed by atoms with Crippen LogP contribution in [0.5, 0.6) is 0 Å². The zero-order chi connectivity index (χ0) is 15.3. The highest BCUT2D eigenvalue weighted by Gasteiger charge is 2.14. The Kier molecular flexibility index (Phi) is 6.28. The van der Waals surface area contributed by atoms with Crippen LogP contribution >= 0.6 is 0 Å². The molecule has 0 radical (unpaired) electrons. The molecule has 0 saturated heterocycles. The Balaban J connectivity index is 2.56. The minimum atomic E-state index is 0.118. The third-order valence-electron chi connectivity index (χ3n) is 3.60. The molecule has 20 heavy (non-hydrogen) atoms. The van der Waals surface area contributed by atoms with E-state index >= 15 is 0 Å². The van der Waals surface area contributed by atoms with Crippen LogP contribution in [0, 0.1) is 12.8 Å². The largest absolute Gasteiger partial charge is 0.463 e. The fourth-order valence-corrected chi connectivity index (χ4v) is 2.18. The first-order chi connectivity index (χ1) is 9.21. The Morgan fingerprint density at radius 2 is 2.00 bits per heavy atom. The van der Waals surface area contributed by atoms with Gasteiger partial charge in [0.25, 0.3) is 0 Å². The number of hydrogen-bond acceptors (Lipinski definition) is 3. The number of aryl methyl sites for hydroxylation is 1. The summed E-state index contributed by atoms with van der Waals surface area (Å²) in [5, 5.41) is 3.48. The fraction of sp³-hybridized carbons (Fsp3) is 0.765. The molecule has 116 valence electrons. The first kappa shape index (κ1) is 17.3. The van der Waals surface area contributed by atoms with Gasteiger partial charge in [0.1, 0.15) is 11.5 Å². The molecule has 3 heteroatoms. The molecule has 3 nitrogen and oxygen atoms in total. The Labute approximate surface area is 124 Å². The van der Waals surface area contributed by atoms with Crippen molar-refractivity contribution in [1.29, 1.82) is 0 Å². The maximum Gasteiger partial charge on any atom is 0.120 e. The van der Waals surface area contributed by atoms with Crippen LogP contribution in [0.15, 0.2) is 10.5 Å². The van der Waals surface area contributed by atoms with Gasteiger partial charge in [0.05, 0.1) is 13.1 Å². The van der Waals surface area contributed by atoms with E-state index in [1.165, 1.54) is 12.0 Å². The number of furan rings is 1. The first-order valence-corrected chi connectivity index (χ1v) is 7.73. The molecule has 1 aromatic rings. The van der Waals surface area contributed by atoms with E-state index in [0.717, 1.165) is 37.1 Å². The lowest BCUT2D eigenvalue weighted by molar-refractivity contribution is 0.250. The molecule has 1 N–H and O–H groups in total. The zero-order valence-corrected chi connectivity index (χ0v) is 14.3. The summed E-state index contributed by atoms with van der Waals surface area (Å²) in [7, 11) is 2.16. The van der Waals surface area contributed by atoms with Gasteiger partial charge in [0.15, 0.2) is 0 Å². The summed E-state index contributed by atoms with van der Waals surface area (Å²) < 4.78 is 5.99. The smallest absolute Gasteiger partial charge is 0.120 e. The standard InChI is InChI=1S/C17H32N2O/c1-8-13(2)11-19(7)12-15-9-14(3)16(20-15)10-18-17(4,5)6/h9,13,18H,8,10-12H2,1-7H3. The van der Waals surface area contributed by atoms with E-state index in [9.17, 15) is 0 Å². The van der Waals surface area contributed by atoms with Crippen molar-refractivity contribution in [2.75, 3.05) is 13.6 Å². The molecule has 0 bridgehead atoms. The van der Waals surface area contributed by atoms with E-state index in [1.807, 2.05) is 0 Å². The van der Waals surface area contributed by atoms with Crippen molar-refractivity contribution in [3.8, 4) is 0 Å². The summed E-state index contributed by atoms with van der Waals surface area (Å²) >= 11 is 0. The monoisotopic (exact) mass is 280 g/mol. The molecule has 1 rings (SSSR count). The van der Waals surface area contributed by atoms with Gasteiger partial charge in [0.2, 0.25) is 0 Å². The van der Waals surface area contributed by atoms with Crippen molar-refractivity contribution in [3.05, 3.63) is 23.2 Å². The van der Waals surface area contributed by atoms with E-state index in [4.69, 9.17) is 4.42 Å². The lowest BCUT2D eigenvalue weighted by Gasteiger charge is -2.20. The van der Waals surface area contributed by atoms with E-state index in [0.29, 0.717) is 0 Å². The number of nitrogens with zero attached hydrogens (tertiary/aromatic N) is 1. The summed E-state index contributed by atoms with van der Waals surface area (Å²) in [5.41, 5.74) is 1.36. The van der Waals surface area contributed by atoms with E-state index in [1.54, 1.807) is 0 Å². The van der Waals surface area contributed by atoms with Crippen LogP contribution in [0.3, 0.4) is 0 Å². The second-order valence-corrected chi connectivity index (χ2v) is 7.13. The zero-order valence-electron chi connectivity index (χ0n) is 14.3. The van der Waals surface area contributed by atoms with E-state index in [2.05, 4.69) is 64.9 Å². The average Bonchev–Trinajstić information content (AvgIpc) is 2.65. The van der Waals surface area contributed by atoms with Crippen LogP contribution < -0.4 is 5.32 Å². The lowest BCUT2D eigenvalue weighted by Crippen LogP contribution is -2.35. The molecule has 1 aromatic heterocycles. The third-order valence-corrected chi connectivity index (χ3v) is 3.60. The molecule has 0 saturated carbocycles. The fourth-order valence-electron chi connectivity index (χ4n) is 2.18. The summed E-state index contributed by atoms with van der Waals surface area (Å²) in [4.78, 5) is 2.34. The molecule has 0 aliphatic carbocycles. The van der Waals surface area contributed by atoms with Gasteiger partial charge in [-0.2, -0.15) is 0 Å². The molecular weight excluding hydrogens is 248 g/mol. The van der Waals surface area contributed by atoms with Gasteiger partial charge in [-0.05, 0) is 52.3 Å². The van der Waals surface area contributed by atoms with Crippen LogP contribution in [0.1, 0.15) is 58.1 Å². The van der Waals surface area contributed by atoms with Gasteiger partial charge in [0, 0.05) is 12.1 Å². The third kappa shape index (κ3) is 6.10. The van der Waals surface area contributed by atoms with Crippen molar-refractivity contribution in [2.24, 2.45) is 5.92 Å². The topological polar surface area (TPSA) is 28.4 Å². The molecule has 0 aliphatic rings. The van der Waals surface area contributed by atoms with Gasteiger partial charge >= 0.3 is 0 Å². The lowest BCUT2D eigenvalue weighted by atomic mass is 10.1. The number of rotatable bonds is 7. The highest BCUT2D eigenvalue weighted by Crippen LogP contribution is 2.17. The van der Waals surface area contributed by atoms with Crippen LogP contribution in [0.4, 0.5) is 0 Å². The average molecular weight is 280 g/mol. The normalized spacial score (nSPS) is 14.0. The Morgan fingerprint density at radius 3 is 2.55 bits per heavy atom. The number of nitrogens with one attached hydrogen (secondary N) is 1. The van der Waals surface area contributed by atoms with E-state index < -0.39 is 0 Å². The van der Waals surface area contributed by atoms with Crippen LogP contribution in [0.25, 0.3) is 0 Å². The van der Waals surface area contributed by atoms with Crippen LogP contribution in [-0.2, 0) is 13.1 Å². The van der Waals surface area contributed by atoms with Crippen LogP contribution in [-0.4, -0.2) is 24.0 Å². The Morgan fingerprint density at radius 1 is 1.35 bits per heavy atom. The summed E-state index contributed by atoms with van der Waals surface area (Å²) in [6.07, 6.45) is 1.22. The summed E-state index contributed by atoms with van der Waals surface area (Å²) in [6, 6.07) is 2.17. The maximum atomic E-state index is 5.99. The minimum absolute atomic E-state index is 0.118. The number of hydrogen-bond donors (Lipinski definition) is 1. The van der Waals surface area contributed by atoms with Crippen LogP contribution in [0.2, 0.25) is 0 Å². The predicted molar refractivity (Wildman–Crippen MR) is 85.8 cm³/mol. The molecular formula is C17H32N2O.